The highest BCUT2D eigenvalue weighted by Gasteiger charge is 2.18. The van der Waals surface area contributed by atoms with Gasteiger partial charge in [0.2, 0.25) is 0 Å². The van der Waals surface area contributed by atoms with E-state index in [0.29, 0.717) is 6.10 Å². The van der Waals surface area contributed by atoms with Crippen LogP contribution in [-0.4, -0.2) is 25.4 Å². The third-order valence-electron chi connectivity index (χ3n) is 3.42. The fourth-order valence-electron chi connectivity index (χ4n) is 2.42. The fraction of sp³-hybridized carbons (Fsp3) is 0.625. The monoisotopic (exact) mass is 263 g/mol. The molecule has 1 aliphatic rings. The minimum Gasteiger partial charge on any atom is -0.491 e. The van der Waals surface area contributed by atoms with Gasteiger partial charge in [-0.05, 0) is 39.7 Å². The fourth-order valence-corrected chi connectivity index (χ4v) is 2.42. The Morgan fingerprint density at radius 2 is 2.11 bits per heavy atom. The van der Waals surface area contributed by atoms with Crippen molar-refractivity contribution in [1.29, 1.82) is 0 Å². The van der Waals surface area contributed by atoms with Crippen molar-refractivity contribution in [2.75, 3.05) is 13.2 Å². The van der Waals surface area contributed by atoms with Gasteiger partial charge in [-0.25, -0.2) is 0 Å². The van der Waals surface area contributed by atoms with Crippen LogP contribution in [0, 0.1) is 0 Å². The third-order valence-corrected chi connectivity index (χ3v) is 3.42. The molecule has 0 aliphatic carbocycles. The van der Waals surface area contributed by atoms with E-state index in [0.717, 1.165) is 18.9 Å². The molecule has 1 saturated heterocycles. The summed E-state index contributed by atoms with van der Waals surface area (Å²) < 4.78 is 11.5. The van der Waals surface area contributed by atoms with Gasteiger partial charge < -0.3 is 14.8 Å². The Balaban J connectivity index is 1.95. The van der Waals surface area contributed by atoms with Crippen LogP contribution in [-0.2, 0) is 4.74 Å². The molecule has 0 aromatic heterocycles. The van der Waals surface area contributed by atoms with Crippen LogP contribution in [0.1, 0.15) is 45.2 Å². The Bertz CT molecular complexity index is 386. The summed E-state index contributed by atoms with van der Waals surface area (Å²) in [6, 6.07) is 8.53. The summed E-state index contributed by atoms with van der Waals surface area (Å²) in [5, 5.41) is 3.55. The lowest BCUT2D eigenvalue weighted by Gasteiger charge is -2.21. The molecule has 0 bridgehead atoms. The maximum atomic E-state index is 5.87. The number of hydrogen-bond acceptors (Lipinski definition) is 3. The molecule has 0 unspecified atom stereocenters. The molecule has 1 aromatic carbocycles. The lowest BCUT2D eigenvalue weighted by molar-refractivity contribution is 0.108. The second-order valence-corrected chi connectivity index (χ2v) is 5.47. The highest BCUT2D eigenvalue weighted by atomic mass is 16.5. The van der Waals surface area contributed by atoms with Crippen LogP contribution >= 0.6 is 0 Å². The van der Waals surface area contributed by atoms with E-state index in [1.807, 2.05) is 12.1 Å². The van der Waals surface area contributed by atoms with Gasteiger partial charge in [0.05, 0.1) is 12.2 Å². The molecule has 1 aromatic rings. The van der Waals surface area contributed by atoms with Crippen molar-refractivity contribution in [3.63, 3.8) is 0 Å². The average Bonchev–Trinajstić information content (AvgIpc) is 2.89. The largest absolute Gasteiger partial charge is 0.491 e. The molecule has 1 aliphatic heterocycles. The molecule has 2 atom stereocenters. The summed E-state index contributed by atoms with van der Waals surface area (Å²) in [5.41, 5.74) is 1.22. The van der Waals surface area contributed by atoms with Crippen LogP contribution in [0.2, 0.25) is 0 Å². The SMILES string of the molecule is CC(C)Oc1ccccc1[C@H](C)NC[C@H]1CCCO1. The van der Waals surface area contributed by atoms with Crippen molar-refractivity contribution < 1.29 is 9.47 Å². The van der Waals surface area contributed by atoms with E-state index < -0.39 is 0 Å². The molecule has 3 nitrogen and oxygen atoms in total. The van der Waals surface area contributed by atoms with Crippen molar-refractivity contribution >= 4 is 0 Å². The Hall–Kier alpha value is -1.06. The maximum Gasteiger partial charge on any atom is 0.124 e. The number of rotatable bonds is 6. The van der Waals surface area contributed by atoms with E-state index in [2.05, 4.69) is 38.2 Å². The standard InChI is InChI=1S/C16H25NO2/c1-12(2)19-16-9-5-4-8-15(16)13(3)17-11-14-7-6-10-18-14/h4-5,8-9,12-14,17H,6-7,10-11H2,1-3H3/t13-,14+/m0/s1. The minimum absolute atomic E-state index is 0.200. The predicted octanol–water partition coefficient (Wildman–Crippen LogP) is 3.30. The molecule has 19 heavy (non-hydrogen) atoms. The lowest BCUT2D eigenvalue weighted by atomic mass is 10.1. The summed E-state index contributed by atoms with van der Waals surface area (Å²) in [6.07, 6.45) is 2.93. The second kappa shape index (κ2) is 6.92. The highest BCUT2D eigenvalue weighted by molar-refractivity contribution is 5.35. The zero-order valence-electron chi connectivity index (χ0n) is 12.2. The first-order chi connectivity index (χ1) is 9.16. The van der Waals surface area contributed by atoms with Crippen LogP contribution in [0.4, 0.5) is 0 Å². The quantitative estimate of drug-likeness (QED) is 0.854. The third kappa shape index (κ3) is 4.22. The minimum atomic E-state index is 0.200. The van der Waals surface area contributed by atoms with Gasteiger partial charge in [0.1, 0.15) is 5.75 Å². The molecule has 0 spiro atoms. The molecule has 0 radical (unpaired) electrons. The van der Waals surface area contributed by atoms with Gasteiger partial charge in [-0.15, -0.1) is 0 Å². The van der Waals surface area contributed by atoms with Gasteiger partial charge in [0.25, 0.3) is 0 Å². The molecule has 0 saturated carbocycles. The Labute approximate surface area is 116 Å². The first kappa shape index (κ1) is 14.4. The number of para-hydroxylation sites is 1. The molecule has 106 valence electrons. The van der Waals surface area contributed by atoms with Crippen LogP contribution in [0.5, 0.6) is 5.75 Å². The second-order valence-electron chi connectivity index (χ2n) is 5.47. The van der Waals surface area contributed by atoms with Crippen molar-refractivity contribution in [3.05, 3.63) is 29.8 Å². The van der Waals surface area contributed by atoms with Crippen LogP contribution < -0.4 is 10.1 Å². The molecule has 3 heteroatoms. The number of ether oxygens (including phenoxy) is 2. The van der Waals surface area contributed by atoms with Crippen molar-refractivity contribution in [1.82, 2.24) is 5.32 Å². The zero-order chi connectivity index (χ0) is 13.7. The van der Waals surface area contributed by atoms with Gasteiger partial charge in [0.15, 0.2) is 0 Å². The van der Waals surface area contributed by atoms with E-state index in [9.17, 15) is 0 Å². The summed E-state index contributed by atoms with van der Waals surface area (Å²) in [5.74, 6) is 0.977. The molecular weight excluding hydrogens is 238 g/mol. The summed E-state index contributed by atoms with van der Waals surface area (Å²) in [7, 11) is 0. The number of benzene rings is 1. The Morgan fingerprint density at radius 1 is 1.32 bits per heavy atom. The van der Waals surface area contributed by atoms with Crippen molar-refractivity contribution in [2.45, 2.75) is 51.9 Å². The van der Waals surface area contributed by atoms with Crippen LogP contribution in [0.25, 0.3) is 0 Å². The summed E-state index contributed by atoms with van der Waals surface area (Å²) >= 11 is 0. The van der Waals surface area contributed by atoms with E-state index >= 15 is 0 Å². The lowest BCUT2D eigenvalue weighted by Crippen LogP contribution is -2.29. The van der Waals surface area contributed by atoms with Crippen LogP contribution in [0.3, 0.4) is 0 Å². The van der Waals surface area contributed by atoms with Gasteiger partial charge in [-0.2, -0.15) is 0 Å². The van der Waals surface area contributed by atoms with Gasteiger partial charge in [0, 0.05) is 24.8 Å². The van der Waals surface area contributed by atoms with E-state index in [-0.39, 0.29) is 12.1 Å². The van der Waals surface area contributed by atoms with Gasteiger partial charge >= 0.3 is 0 Å². The molecular formula is C16H25NO2. The first-order valence-electron chi connectivity index (χ1n) is 7.27. The maximum absolute atomic E-state index is 5.87. The smallest absolute Gasteiger partial charge is 0.124 e. The number of nitrogens with one attached hydrogen (secondary N) is 1. The number of hydrogen-bond donors (Lipinski definition) is 1. The summed E-state index contributed by atoms with van der Waals surface area (Å²) in [6.45, 7) is 8.12. The van der Waals surface area contributed by atoms with Crippen molar-refractivity contribution in [3.8, 4) is 5.75 Å². The first-order valence-corrected chi connectivity index (χ1v) is 7.27. The van der Waals surface area contributed by atoms with E-state index in [4.69, 9.17) is 9.47 Å². The normalized spacial score (nSPS) is 20.7. The molecule has 1 heterocycles. The molecule has 2 rings (SSSR count). The van der Waals surface area contributed by atoms with Gasteiger partial charge in [-0.1, -0.05) is 18.2 Å². The average molecular weight is 263 g/mol. The zero-order valence-corrected chi connectivity index (χ0v) is 12.2. The topological polar surface area (TPSA) is 30.5 Å². The van der Waals surface area contributed by atoms with Crippen LogP contribution in [0.15, 0.2) is 24.3 Å². The van der Waals surface area contributed by atoms with E-state index in [1.165, 1.54) is 18.4 Å². The Morgan fingerprint density at radius 3 is 2.79 bits per heavy atom. The summed E-state index contributed by atoms with van der Waals surface area (Å²) in [4.78, 5) is 0. The molecule has 0 amide bonds. The predicted molar refractivity (Wildman–Crippen MR) is 77.6 cm³/mol. The molecule has 1 N–H and O–H groups in total. The Kier molecular flexibility index (Phi) is 5.23. The molecule has 1 fully saturated rings. The van der Waals surface area contributed by atoms with Crippen molar-refractivity contribution in [2.24, 2.45) is 0 Å². The van der Waals surface area contributed by atoms with Gasteiger partial charge in [-0.3, -0.25) is 0 Å². The highest BCUT2D eigenvalue weighted by Crippen LogP contribution is 2.26. The van der Waals surface area contributed by atoms with E-state index in [1.54, 1.807) is 0 Å².